The van der Waals surface area contributed by atoms with Gasteiger partial charge < -0.3 is 9.64 Å². The van der Waals surface area contributed by atoms with Crippen LogP contribution in [0.3, 0.4) is 0 Å². The van der Waals surface area contributed by atoms with Crippen LogP contribution in [0, 0.1) is 5.92 Å². The first-order chi connectivity index (χ1) is 11.5. The Morgan fingerprint density at radius 1 is 0.917 bits per heavy atom. The van der Waals surface area contributed by atoms with Gasteiger partial charge >= 0.3 is 0 Å². The van der Waals surface area contributed by atoms with Gasteiger partial charge in [0.15, 0.2) is 0 Å². The summed E-state index contributed by atoms with van der Waals surface area (Å²) >= 11 is 0. The second-order valence-corrected chi connectivity index (χ2v) is 8.60. The van der Waals surface area contributed by atoms with Gasteiger partial charge in [0.25, 0.3) is 10.2 Å². The molecule has 2 aliphatic rings. The SMILES string of the molecule is COc1ccc(N2CCN(S(=O)(=O)N3CCC(C)CC3)CC2)cc1. The summed E-state index contributed by atoms with van der Waals surface area (Å²) in [7, 11) is -1.65. The van der Waals surface area contributed by atoms with Gasteiger partial charge in [-0.15, -0.1) is 0 Å². The molecule has 2 heterocycles. The average molecular weight is 353 g/mol. The lowest BCUT2D eigenvalue weighted by molar-refractivity contribution is 0.260. The van der Waals surface area contributed by atoms with Crippen molar-refractivity contribution in [3.05, 3.63) is 24.3 Å². The molecule has 6 nitrogen and oxygen atoms in total. The highest BCUT2D eigenvalue weighted by atomic mass is 32.2. The molecule has 0 unspecified atom stereocenters. The number of nitrogens with zero attached hydrogens (tertiary/aromatic N) is 3. The average Bonchev–Trinajstić information content (AvgIpc) is 2.62. The highest BCUT2D eigenvalue weighted by Crippen LogP contribution is 2.24. The molecule has 7 heteroatoms. The molecule has 0 N–H and O–H groups in total. The molecule has 2 fully saturated rings. The van der Waals surface area contributed by atoms with Gasteiger partial charge in [-0.25, -0.2) is 0 Å². The number of methoxy groups -OCH3 is 1. The summed E-state index contributed by atoms with van der Waals surface area (Å²) in [6.07, 6.45) is 1.93. The van der Waals surface area contributed by atoms with E-state index in [2.05, 4.69) is 11.8 Å². The first-order valence-electron chi connectivity index (χ1n) is 8.65. The molecule has 0 radical (unpaired) electrons. The fraction of sp³-hybridized carbons (Fsp3) is 0.647. The molecule has 0 aliphatic carbocycles. The van der Waals surface area contributed by atoms with Crippen molar-refractivity contribution < 1.29 is 13.2 Å². The number of rotatable bonds is 4. The van der Waals surface area contributed by atoms with Crippen LogP contribution in [-0.4, -0.2) is 63.4 Å². The van der Waals surface area contributed by atoms with Crippen molar-refractivity contribution in [1.29, 1.82) is 0 Å². The molecule has 2 saturated heterocycles. The standard InChI is InChI=1S/C17H27N3O3S/c1-15-7-9-19(10-8-15)24(21,22)20-13-11-18(12-14-20)16-3-5-17(23-2)6-4-16/h3-6,15H,7-14H2,1-2H3. The van der Waals surface area contributed by atoms with E-state index in [0.717, 1.165) is 37.4 Å². The molecular formula is C17H27N3O3S. The largest absolute Gasteiger partial charge is 0.497 e. The van der Waals surface area contributed by atoms with Crippen LogP contribution in [0.4, 0.5) is 5.69 Å². The third-order valence-electron chi connectivity index (χ3n) is 5.07. The summed E-state index contributed by atoms with van der Waals surface area (Å²) in [6, 6.07) is 7.92. The van der Waals surface area contributed by atoms with E-state index in [4.69, 9.17) is 4.74 Å². The number of anilines is 1. The second kappa shape index (κ2) is 7.29. The predicted molar refractivity (Wildman–Crippen MR) is 95.7 cm³/mol. The smallest absolute Gasteiger partial charge is 0.282 e. The van der Waals surface area contributed by atoms with Crippen LogP contribution in [0.2, 0.25) is 0 Å². The van der Waals surface area contributed by atoms with Gasteiger partial charge in [0.2, 0.25) is 0 Å². The summed E-state index contributed by atoms with van der Waals surface area (Å²) < 4.78 is 34.1. The molecule has 0 saturated carbocycles. The first-order valence-corrected chi connectivity index (χ1v) is 10.0. The van der Waals surface area contributed by atoms with Crippen molar-refractivity contribution in [3.8, 4) is 5.75 Å². The zero-order valence-corrected chi connectivity index (χ0v) is 15.3. The molecule has 0 bridgehead atoms. The van der Waals surface area contributed by atoms with Crippen molar-refractivity contribution in [1.82, 2.24) is 8.61 Å². The Hall–Kier alpha value is -1.31. The molecule has 0 amide bonds. The van der Waals surface area contributed by atoms with E-state index in [9.17, 15) is 8.42 Å². The quantitative estimate of drug-likeness (QED) is 0.828. The molecule has 1 aromatic carbocycles. The summed E-state index contributed by atoms with van der Waals surface area (Å²) in [5.41, 5.74) is 1.11. The molecule has 1 aromatic rings. The Morgan fingerprint density at radius 3 is 2.00 bits per heavy atom. The van der Waals surface area contributed by atoms with Gasteiger partial charge in [-0.05, 0) is 43.0 Å². The second-order valence-electron chi connectivity index (χ2n) is 6.67. The van der Waals surface area contributed by atoms with Crippen molar-refractivity contribution in [2.24, 2.45) is 5.92 Å². The Labute approximate surface area is 145 Å². The van der Waals surface area contributed by atoms with Crippen LogP contribution in [0.1, 0.15) is 19.8 Å². The summed E-state index contributed by atoms with van der Waals surface area (Å²) in [5.74, 6) is 1.46. The minimum Gasteiger partial charge on any atom is -0.497 e. The lowest BCUT2D eigenvalue weighted by Crippen LogP contribution is -2.54. The molecular weight excluding hydrogens is 326 g/mol. The molecule has 24 heavy (non-hydrogen) atoms. The molecule has 0 spiro atoms. The van der Waals surface area contributed by atoms with E-state index in [1.165, 1.54) is 0 Å². The maximum atomic E-state index is 12.8. The fourth-order valence-electron chi connectivity index (χ4n) is 3.35. The fourth-order valence-corrected chi connectivity index (χ4v) is 4.97. The highest BCUT2D eigenvalue weighted by molar-refractivity contribution is 7.86. The van der Waals surface area contributed by atoms with Gasteiger partial charge in [0, 0.05) is 45.0 Å². The van der Waals surface area contributed by atoms with E-state index in [-0.39, 0.29) is 0 Å². The van der Waals surface area contributed by atoms with Crippen LogP contribution in [0.15, 0.2) is 24.3 Å². The van der Waals surface area contributed by atoms with E-state index in [0.29, 0.717) is 32.1 Å². The van der Waals surface area contributed by atoms with Gasteiger partial charge in [-0.3, -0.25) is 0 Å². The van der Waals surface area contributed by atoms with Crippen LogP contribution < -0.4 is 9.64 Å². The Kier molecular flexibility index (Phi) is 5.32. The zero-order valence-electron chi connectivity index (χ0n) is 14.5. The van der Waals surface area contributed by atoms with E-state index >= 15 is 0 Å². The molecule has 3 rings (SSSR count). The highest BCUT2D eigenvalue weighted by Gasteiger charge is 2.34. The Morgan fingerprint density at radius 2 is 1.46 bits per heavy atom. The number of piperazine rings is 1. The summed E-state index contributed by atoms with van der Waals surface area (Å²) in [5, 5.41) is 0. The normalized spacial score (nSPS) is 21.8. The minimum absolute atomic E-state index is 0.542. The van der Waals surface area contributed by atoms with Crippen LogP contribution in [0.25, 0.3) is 0 Å². The number of ether oxygens (including phenoxy) is 1. The van der Waals surface area contributed by atoms with E-state index < -0.39 is 10.2 Å². The maximum absolute atomic E-state index is 12.8. The van der Waals surface area contributed by atoms with E-state index in [1.54, 1.807) is 15.7 Å². The molecule has 0 atom stereocenters. The topological polar surface area (TPSA) is 53.1 Å². The minimum atomic E-state index is -3.30. The zero-order chi connectivity index (χ0) is 17.2. The van der Waals surface area contributed by atoms with Crippen LogP contribution >= 0.6 is 0 Å². The molecule has 2 aliphatic heterocycles. The van der Waals surface area contributed by atoms with Crippen molar-refractivity contribution in [2.45, 2.75) is 19.8 Å². The maximum Gasteiger partial charge on any atom is 0.282 e. The van der Waals surface area contributed by atoms with Gasteiger partial charge in [-0.2, -0.15) is 17.0 Å². The third kappa shape index (κ3) is 3.68. The number of hydrogen-bond acceptors (Lipinski definition) is 4. The predicted octanol–water partition coefficient (Wildman–Crippen LogP) is 1.79. The number of hydrogen-bond donors (Lipinski definition) is 0. The number of benzene rings is 1. The lowest BCUT2D eigenvalue weighted by Gasteiger charge is -2.39. The Balaban J connectivity index is 1.59. The monoisotopic (exact) mass is 353 g/mol. The molecule has 134 valence electrons. The van der Waals surface area contributed by atoms with Crippen molar-refractivity contribution >= 4 is 15.9 Å². The van der Waals surface area contributed by atoms with Gasteiger partial charge in [-0.1, -0.05) is 6.92 Å². The van der Waals surface area contributed by atoms with E-state index in [1.807, 2.05) is 24.3 Å². The Bertz CT molecular complexity index is 632. The summed E-state index contributed by atoms with van der Waals surface area (Å²) in [6.45, 7) is 6.02. The molecule has 0 aromatic heterocycles. The first kappa shape index (κ1) is 17.5. The number of piperidine rings is 1. The van der Waals surface area contributed by atoms with Gasteiger partial charge in [0.1, 0.15) is 5.75 Å². The van der Waals surface area contributed by atoms with Crippen molar-refractivity contribution in [3.63, 3.8) is 0 Å². The van der Waals surface area contributed by atoms with Gasteiger partial charge in [0.05, 0.1) is 7.11 Å². The lowest BCUT2D eigenvalue weighted by atomic mass is 10.0. The summed E-state index contributed by atoms with van der Waals surface area (Å²) in [4.78, 5) is 2.23. The van der Waals surface area contributed by atoms with Crippen LogP contribution in [0.5, 0.6) is 5.75 Å². The van der Waals surface area contributed by atoms with Crippen LogP contribution in [-0.2, 0) is 10.2 Å². The van der Waals surface area contributed by atoms with Crippen molar-refractivity contribution in [2.75, 3.05) is 51.3 Å². The third-order valence-corrected chi connectivity index (χ3v) is 7.11.